The summed E-state index contributed by atoms with van der Waals surface area (Å²) in [5.41, 5.74) is 1.30. The highest BCUT2D eigenvalue weighted by molar-refractivity contribution is 6.29. The third-order valence-electron chi connectivity index (χ3n) is 4.66. The molecule has 2 aromatic heterocycles. The minimum atomic E-state index is -0.625. The van der Waals surface area contributed by atoms with E-state index >= 15 is 0 Å². The molecule has 0 aromatic carbocycles. The Balaban J connectivity index is 2.03. The maximum Gasteiger partial charge on any atom is 0.410 e. The van der Waals surface area contributed by atoms with E-state index in [1.807, 2.05) is 0 Å². The lowest BCUT2D eigenvalue weighted by Gasteiger charge is -2.28. The second-order valence-corrected chi connectivity index (χ2v) is 8.52. The lowest BCUT2D eigenvalue weighted by molar-refractivity contribution is 0.0230. The number of halogens is 2. The normalized spacial score (nSPS) is 15.4. The van der Waals surface area contributed by atoms with E-state index in [0.29, 0.717) is 17.0 Å². The lowest BCUT2D eigenvalue weighted by atomic mass is 9.99. The molecule has 3 rings (SSSR count). The second kappa shape index (κ2) is 7.31. The van der Waals surface area contributed by atoms with Gasteiger partial charge in [-0.1, -0.05) is 11.6 Å². The Hall–Kier alpha value is -2.22. The topological polar surface area (TPSA) is 73.1 Å². The van der Waals surface area contributed by atoms with E-state index in [9.17, 15) is 9.18 Å². The Bertz CT molecular complexity index is 904. The SMILES string of the molecule is CC(c1nn(C)nc1-c1c(C2CC2)cnc(Cl)c1F)N(C)C(=O)OC(C)(C)C. The molecular formula is C19H25ClFN5O2. The standard InChI is InChI=1S/C19H25ClFN5O2/c1-10(25(5)18(27)28-19(2,3)4)15-16(24-26(6)23-15)13-12(11-7-8-11)9-22-17(20)14(13)21/h9-11H,7-8H2,1-6H3. The van der Waals surface area contributed by atoms with Gasteiger partial charge >= 0.3 is 6.09 Å². The molecule has 0 radical (unpaired) electrons. The number of aromatic nitrogens is 4. The first-order valence-electron chi connectivity index (χ1n) is 9.21. The van der Waals surface area contributed by atoms with Gasteiger partial charge < -0.3 is 9.64 Å². The second-order valence-electron chi connectivity index (χ2n) is 8.16. The zero-order valence-electron chi connectivity index (χ0n) is 17.0. The summed E-state index contributed by atoms with van der Waals surface area (Å²) in [6, 6.07) is -0.489. The molecule has 9 heteroatoms. The highest BCUT2D eigenvalue weighted by atomic mass is 35.5. The van der Waals surface area contributed by atoms with Crippen molar-refractivity contribution < 1.29 is 13.9 Å². The molecule has 0 N–H and O–H groups in total. The molecule has 152 valence electrons. The van der Waals surface area contributed by atoms with Crippen molar-refractivity contribution in [2.24, 2.45) is 7.05 Å². The van der Waals surface area contributed by atoms with Crippen molar-refractivity contribution in [3.8, 4) is 11.3 Å². The van der Waals surface area contributed by atoms with Gasteiger partial charge in [0.25, 0.3) is 0 Å². The Kier molecular flexibility index (Phi) is 5.36. The average molecular weight is 410 g/mol. The van der Waals surface area contributed by atoms with Gasteiger partial charge in [-0.2, -0.15) is 15.0 Å². The number of amides is 1. The van der Waals surface area contributed by atoms with Crippen LogP contribution in [0.3, 0.4) is 0 Å². The van der Waals surface area contributed by atoms with Crippen molar-refractivity contribution in [3.05, 3.63) is 28.4 Å². The summed E-state index contributed by atoms with van der Waals surface area (Å²) in [4.78, 5) is 19.2. The predicted molar refractivity (Wildman–Crippen MR) is 104 cm³/mol. The van der Waals surface area contributed by atoms with E-state index in [1.54, 1.807) is 48.0 Å². The van der Waals surface area contributed by atoms with Crippen molar-refractivity contribution in [3.63, 3.8) is 0 Å². The maximum absolute atomic E-state index is 15.0. The summed E-state index contributed by atoms with van der Waals surface area (Å²) >= 11 is 5.96. The molecule has 1 aliphatic rings. The first-order chi connectivity index (χ1) is 13.0. The molecule has 2 heterocycles. The largest absolute Gasteiger partial charge is 0.444 e. The van der Waals surface area contributed by atoms with E-state index in [2.05, 4.69) is 15.2 Å². The fourth-order valence-electron chi connectivity index (χ4n) is 2.98. The predicted octanol–water partition coefficient (Wildman–Crippen LogP) is 4.47. The molecule has 0 saturated heterocycles. The van der Waals surface area contributed by atoms with Crippen LogP contribution in [-0.2, 0) is 11.8 Å². The number of pyridine rings is 1. The molecule has 28 heavy (non-hydrogen) atoms. The van der Waals surface area contributed by atoms with Gasteiger partial charge in [-0.05, 0) is 52.0 Å². The molecular weight excluding hydrogens is 385 g/mol. The maximum atomic E-state index is 15.0. The number of carbonyl (C=O) groups excluding carboxylic acids is 1. The molecule has 0 spiro atoms. The minimum Gasteiger partial charge on any atom is -0.444 e. The molecule has 1 atom stereocenters. The van der Waals surface area contributed by atoms with Crippen LogP contribution in [0.25, 0.3) is 11.3 Å². The van der Waals surface area contributed by atoms with Crippen molar-refractivity contribution >= 4 is 17.7 Å². The third kappa shape index (κ3) is 4.11. The van der Waals surface area contributed by atoms with Gasteiger partial charge in [-0.15, -0.1) is 0 Å². The summed E-state index contributed by atoms with van der Waals surface area (Å²) in [5.74, 6) is -0.372. The van der Waals surface area contributed by atoms with Crippen LogP contribution in [0.15, 0.2) is 6.20 Å². The van der Waals surface area contributed by atoms with E-state index in [-0.39, 0.29) is 11.1 Å². The Labute approximate surface area is 168 Å². The number of ether oxygens (including phenoxy) is 1. The highest BCUT2D eigenvalue weighted by Crippen LogP contribution is 2.46. The first kappa shape index (κ1) is 20.5. The van der Waals surface area contributed by atoms with Crippen LogP contribution in [0.5, 0.6) is 0 Å². The Morgan fingerprint density at radius 1 is 1.39 bits per heavy atom. The van der Waals surface area contributed by atoms with Gasteiger partial charge in [0.2, 0.25) is 0 Å². The summed E-state index contributed by atoms with van der Waals surface area (Å²) in [7, 11) is 3.28. The van der Waals surface area contributed by atoms with Crippen molar-refractivity contribution in [1.29, 1.82) is 0 Å². The van der Waals surface area contributed by atoms with Crippen LogP contribution in [0.2, 0.25) is 5.15 Å². The number of carbonyl (C=O) groups is 1. The van der Waals surface area contributed by atoms with Crippen LogP contribution >= 0.6 is 11.6 Å². The smallest absolute Gasteiger partial charge is 0.410 e. The molecule has 7 nitrogen and oxygen atoms in total. The van der Waals surface area contributed by atoms with Gasteiger partial charge in [0.1, 0.15) is 17.0 Å². The number of nitrogens with zero attached hydrogens (tertiary/aromatic N) is 5. The van der Waals surface area contributed by atoms with Gasteiger partial charge in [0.15, 0.2) is 11.0 Å². The van der Waals surface area contributed by atoms with Crippen molar-refractivity contribution in [2.75, 3.05) is 7.05 Å². The molecule has 1 amide bonds. The quantitative estimate of drug-likeness (QED) is 0.696. The first-order valence-corrected chi connectivity index (χ1v) is 9.58. The number of hydrogen-bond acceptors (Lipinski definition) is 5. The van der Waals surface area contributed by atoms with Crippen molar-refractivity contribution in [1.82, 2.24) is 24.9 Å². The fourth-order valence-corrected chi connectivity index (χ4v) is 3.12. The summed E-state index contributed by atoms with van der Waals surface area (Å²) < 4.78 is 20.4. The Morgan fingerprint density at radius 2 is 2.04 bits per heavy atom. The summed E-state index contributed by atoms with van der Waals surface area (Å²) in [6.45, 7) is 7.20. The third-order valence-corrected chi connectivity index (χ3v) is 4.92. The average Bonchev–Trinajstić information content (AvgIpc) is 3.36. The lowest BCUT2D eigenvalue weighted by Crippen LogP contribution is -2.36. The van der Waals surface area contributed by atoms with Gasteiger partial charge in [0.05, 0.1) is 6.04 Å². The molecule has 0 bridgehead atoms. The molecule has 1 unspecified atom stereocenters. The Morgan fingerprint density at radius 3 is 2.61 bits per heavy atom. The van der Waals surface area contributed by atoms with Gasteiger partial charge in [0, 0.05) is 25.9 Å². The molecule has 1 saturated carbocycles. The zero-order valence-corrected chi connectivity index (χ0v) is 17.7. The number of hydrogen-bond donors (Lipinski definition) is 0. The van der Waals surface area contributed by atoms with Crippen molar-refractivity contribution in [2.45, 2.75) is 58.1 Å². The van der Waals surface area contributed by atoms with Crippen LogP contribution in [0.1, 0.15) is 63.8 Å². The summed E-state index contributed by atoms with van der Waals surface area (Å²) in [5, 5.41) is 8.59. The zero-order chi connectivity index (χ0) is 20.8. The highest BCUT2D eigenvalue weighted by Gasteiger charge is 2.34. The molecule has 1 aliphatic carbocycles. The number of aryl methyl sites for hydroxylation is 1. The molecule has 1 fully saturated rings. The number of rotatable bonds is 4. The summed E-state index contributed by atoms with van der Waals surface area (Å²) in [6.07, 6.45) is 3.06. The van der Waals surface area contributed by atoms with Crippen LogP contribution in [-0.4, -0.2) is 43.6 Å². The van der Waals surface area contributed by atoms with E-state index < -0.39 is 23.6 Å². The fraction of sp³-hybridized carbons (Fsp3) is 0.579. The van der Waals surface area contributed by atoms with E-state index in [4.69, 9.17) is 16.3 Å². The van der Waals surface area contributed by atoms with Crippen LogP contribution in [0, 0.1) is 5.82 Å². The van der Waals surface area contributed by atoms with E-state index in [1.165, 1.54) is 9.70 Å². The minimum absolute atomic E-state index is 0.204. The monoisotopic (exact) mass is 409 g/mol. The van der Waals surface area contributed by atoms with E-state index in [0.717, 1.165) is 18.4 Å². The van der Waals surface area contributed by atoms with Crippen LogP contribution < -0.4 is 0 Å². The molecule has 2 aromatic rings. The van der Waals surface area contributed by atoms with Gasteiger partial charge in [-0.25, -0.2) is 14.2 Å². The molecule has 0 aliphatic heterocycles. The van der Waals surface area contributed by atoms with Gasteiger partial charge in [-0.3, -0.25) is 0 Å². The van der Waals surface area contributed by atoms with Crippen LogP contribution in [0.4, 0.5) is 9.18 Å².